The van der Waals surface area contributed by atoms with Crippen LogP contribution in [0.1, 0.15) is 131 Å². The second kappa shape index (κ2) is 12.9. The maximum absolute atomic E-state index is 7.33. The van der Waals surface area contributed by atoms with Gasteiger partial charge in [-0.05, 0) is 139 Å². The molecule has 0 radical (unpaired) electrons. The average Bonchev–Trinajstić information content (AvgIpc) is 3.94. The summed E-state index contributed by atoms with van der Waals surface area (Å²) in [6, 6.07) is 42.4. The van der Waals surface area contributed by atoms with Gasteiger partial charge in [0.25, 0.3) is 0 Å². The molecule has 1 aliphatic carbocycles. The van der Waals surface area contributed by atoms with E-state index in [4.69, 9.17) is 8.83 Å². The van der Waals surface area contributed by atoms with Crippen molar-refractivity contribution >= 4 is 94.8 Å². The van der Waals surface area contributed by atoms with E-state index in [0.717, 1.165) is 57.1 Å². The highest BCUT2D eigenvalue weighted by Crippen LogP contribution is 2.54. The number of aromatic nitrogens is 1. The standard InChI is InChI=1S/C62H61BN2O2/c1-58(2,3)34-18-22-37(23-19-34)65-48-31-40-39-30-43-44(62(12,13)27-26-61(43,10)11)33-51(39)66-50(40)32-42(48)54-55-56-52(53-38-16-14-15-17-49(38)67-57(53)54)41-28-35(59(4,5)6)20-24-46(41)64(56)47-25-21-36(60(7,8)9)29-45(47)63(55)65/h14-25,28-33H,26-27H2,1-13H3. The van der Waals surface area contributed by atoms with E-state index in [9.17, 15) is 0 Å². The molecule has 7 aromatic carbocycles. The maximum atomic E-state index is 7.33. The van der Waals surface area contributed by atoms with Crippen LogP contribution in [0.2, 0.25) is 0 Å². The number of hydrogen-bond donors (Lipinski definition) is 0. The van der Waals surface area contributed by atoms with Crippen LogP contribution in [0.4, 0.5) is 11.4 Å². The van der Waals surface area contributed by atoms with Crippen molar-refractivity contribution in [1.82, 2.24) is 4.57 Å². The predicted molar refractivity (Wildman–Crippen MR) is 286 cm³/mol. The first kappa shape index (κ1) is 41.0. The Morgan fingerprint density at radius 3 is 1.84 bits per heavy atom. The third-order valence-corrected chi connectivity index (χ3v) is 16.5. The normalized spacial score (nSPS) is 16.5. The van der Waals surface area contributed by atoms with Gasteiger partial charge in [0.15, 0.2) is 0 Å². The van der Waals surface area contributed by atoms with Crippen molar-refractivity contribution < 1.29 is 8.83 Å². The molecule has 5 heterocycles. The van der Waals surface area contributed by atoms with Crippen molar-refractivity contribution in [2.75, 3.05) is 4.81 Å². The highest BCUT2D eigenvalue weighted by molar-refractivity contribution is 6.94. The van der Waals surface area contributed by atoms with Gasteiger partial charge in [-0.2, -0.15) is 0 Å². The van der Waals surface area contributed by atoms with Crippen LogP contribution in [0.5, 0.6) is 0 Å². The SMILES string of the molecule is CC(C)(C)c1ccc(N2B3c4cc(C(C)(C)C)ccc4-n4c5ccc(C(C)(C)C)cc5c5c6c(oc7ccccc76)c(c3c54)-c3cc4oc5cc6c(cc5c4cc32)C(C)(C)CCC6(C)C)cc1. The molecule has 0 amide bonds. The second-order valence-corrected chi connectivity index (χ2v) is 24.9. The molecule has 0 saturated carbocycles. The summed E-state index contributed by atoms with van der Waals surface area (Å²) in [6.07, 6.45) is 2.31. The molecule has 0 spiro atoms. The Morgan fingerprint density at radius 1 is 0.522 bits per heavy atom. The summed E-state index contributed by atoms with van der Waals surface area (Å²) >= 11 is 0. The van der Waals surface area contributed by atoms with Gasteiger partial charge in [-0.15, -0.1) is 0 Å². The molecular weight excluding hydrogens is 816 g/mol. The van der Waals surface area contributed by atoms with Crippen molar-refractivity contribution in [1.29, 1.82) is 0 Å². The van der Waals surface area contributed by atoms with E-state index in [1.807, 2.05) is 0 Å². The quantitative estimate of drug-likeness (QED) is 0.154. The van der Waals surface area contributed by atoms with Gasteiger partial charge in [-0.25, -0.2) is 0 Å². The van der Waals surface area contributed by atoms with Crippen LogP contribution >= 0.6 is 0 Å². The fraction of sp³-hybridized carbons (Fsp3) is 0.323. The summed E-state index contributed by atoms with van der Waals surface area (Å²) in [5, 5.41) is 7.21. The lowest BCUT2D eigenvalue weighted by Gasteiger charge is -2.42. The van der Waals surface area contributed by atoms with Crippen LogP contribution < -0.4 is 15.7 Å². The number of hydrogen-bond acceptors (Lipinski definition) is 3. The molecule has 2 aliphatic heterocycles. The zero-order valence-electron chi connectivity index (χ0n) is 41.6. The Balaban J connectivity index is 1.25. The van der Waals surface area contributed by atoms with E-state index in [2.05, 4.69) is 209 Å². The Labute approximate surface area is 395 Å². The molecule has 0 unspecified atom stereocenters. The third-order valence-electron chi connectivity index (χ3n) is 16.5. The molecule has 0 saturated heterocycles. The first-order chi connectivity index (χ1) is 31.6. The maximum Gasteiger partial charge on any atom is 0.333 e. The van der Waals surface area contributed by atoms with Crippen molar-refractivity contribution in [2.45, 2.75) is 130 Å². The van der Waals surface area contributed by atoms with E-state index in [0.29, 0.717) is 0 Å². The Bertz CT molecular complexity index is 3810. The van der Waals surface area contributed by atoms with E-state index in [-0.39, 0.29) is 33.9 Å². The summed E-state index contributed by atoms with van der Waals surface area (Å²) in [7, 11) is 0. The second-order valence-electron chi connectivity index (χ2n) is 24.9. The van der Waals surface area contributed by atoms with Gasteiger partial charge in [-0.3, -0.25) is 0 Å². The zero-order valence-corrected chi connectivity index (χ0v) is 41.6. The molecule has 0 fully saturated rings. The Morgan fingerprint density at radius 2 is 1.13 bits per heavy atom. The van der Waals surface area contributed by atoms with Gasteiger partial charge in [-0.1, -0.05) is 139 Å². The molecular formula is C62H61BN2O2. The summed E-state index contributed by atoms with van der Waals surface area (Å²) in [6.45, 7) is 30.4. The Hall–Kier alpha value is -6.20. The number of nitrogens with zero attached hydrogens (tertiary/aromatic N) is 2. The Kier molecular flexibility index (Phi) is 7.88. The van der Waals surface area contributed by atoms with E-state index < -0.39 is 0 Å². The summed E-state index contributed by atoms with van der Waals surface area (Å²) < 4.78 is 17.1. The van der Waals surface area contributed by atoms with Gasteiger partial charge < -0.3 is 18.2 Å². The largest absolute Gasteiger partial charge is 0.456 e. The number of rotatable bonds is 1. The molecule has 3 aliphatic rings. The van der Waals surface area contributed by atoms with Crippen LogP contribution in [-0.2, 0) is 27.1 Å². The van der Waals surface area contributed by atoms with Crippen LogP contribution in [0.15, 0.2) is 118 Å². The van der Waals surface area contributed by atoms with Crippen molar-refractivity contribution in [3.8, 4) is 16.8 Å². The van der Waals surface area contributed by atoms with Crippen LogP contribution in [0, 0.1) is 0 Å². The molecule has 5 heteroatoms. The van der Waals surface area contributed by atoms with Crippen LogP contribution in [0.3, 0.4) is 0 Å². The lowest BCUT2D eigenvalue weighted by atomic mass is 9.43. The lowest BCUT2D eigenvalue weighted by Crippen LogP contribution is -2.60. The van der Waals surface area contributed by atoms with Crippen molar-refractivity contribution in [3.63, 3.8) is 0 Å². The summed E-state index contributed by atoms with van der Waals surface area (Å²) in [4.78, 5) is 2.68. The van der Waals surface area contributed by atoms with Gasteiger partial charge in [0.2, 0.25) is 0 Å². The van der Waals surface area contributed by atoms with Gasteiger partial charge >= 0.3 is 6.85 Å². The third kappa shape index (κ3) is 5.55. The molecule has 13 rings (SSSR count). The van der Waals surface area contributed by atoms with Crippen molar-refractivity contribution in [2.24, 2.45) is 0 Å². The molecule has 4 nitrogen and oxygen atoms in total. The molecule has 10 aromatic rings. The van der Waals surface area contributed by atoms with Crippen LogP contribution in [0.25, 0.3) is 82.5 Å². The molecule has 3 aromatic heterocycles. The van der Waals surface area contributed by atoms with E-state index >= 15 is 0 Å². The average molecular weight is 877 g/mol. The summed E-state index contributed by atoms with van der Waals surface area (Å²) in [5.74, 6) is 0. The molecule has 67 heavy (non-hydrogen) atoms. The molecule has 0 atom stereocenters. The first-order valence-corrected chi connectivity index (χ1v) is 24.7. The molecule has 0 bridgehead atoms. The topological polar surface area (TPSA) is 34.5 Å². The zero-order chi connectivity index (χ0) is 46.6. The van der Waals surface area contributed by atoms with Gasteiger partial charge in [0.05, 0.1) is 11.0 Å². The minimum Gasteiger partial charge on any atom is -0.456 e. The minimum absolute atomic E-state index is 0.0131. The van der Waals surface area contributed by atoms with E-state index in [1.54, 1.807) is 0 Å². The highest BCUT2D eigenvalue weighted by Gasteiger charge is 2.47. The van der Waals surface area contributed by atoms with Gasteiger partial charge in [0.1, 0.15) is 22.3 Å². The van der Waals surface area contributed by atoms with Crippen molar-refractivity contribution in [3.05, 3.63) is 137 Å². The highest BCUT2D eigenvalue weighted by atomic mass is 16.3. The monoisotopic (exact) mass is 876 g/mol. The number of para-hydroxylation sites is 1. The number of furan rings is 2. The minimum atomic E-state index is -0.164. The van der Waals surface area contributed by atoms with Gasteiger partial charge in [0, 0.05) is 60.5 Å². The number of fused-ring (bicyclic) bond motifs is 17. The predicted octanol–water partition coefficient (Wildman–Crippen LogP) is 16.1. The smallest absolute Gasteiger partial charge is 0.333 e. The lowest BCUT2D eigenvalue weighted by molar-refractivity contribution is 0.332. The number of benzene rings is 7. The van der Waals surface area contributed by atoms with E-state index in [1.165, 1.54) is 88.4 Å². The number of anilines is 2. The summed E-state index contributed by atoms with van der Waals surface area (Å²) in [5.41, 5.74) is 21.5. The first-order valence-electron chi connectivity index (χ1n) is 24.7. The molecule has 334 valence electrons. The fourth-order valence-corrected chi connectivity index (χ4v) is 12.4. The van der Waals surface area contributed by atoms with Crippen LogP contribution in [-0.4, -0.2) is 11.4 Å². The fourth-order valence-electron chi connectivity index (χ4n) is 12.4. The molecule has 0 N–H and O–H groups in total.